The second-order valence-electron chi connectivity index (χ2n) is 6.08. The maximum atomic E-state index is 11.5. The van der Waals surface area contributed by atoms with Gasteiger partial charge in [0.25, 0.3) is 0 Å². The summed E-state index contributed by atoms with van der Waals surface area (Å²) >= 11 is 0. The van der Waals surface area contributed by atoms with E-state index >= 15 is 0 Å². The number of carbonyl (C=O) groups excluding carboxylic acids is 1. The molecule has 2 amide bonds. The molecule has 0 radical (unpaired) electrons. The largest absolute Gasteiger partial charge is 0.380 e. The third-order valence-electron chi connectivity index (χ3n) is 3.26. The Hall–Kier alpha value is -1.55. The minimum absolute atomic E-state index is 0.138. The van der Waals surface area contributed by atoms with Gasteiger partial charge in [-0.15, -0.1) is 0 Å². The average Bonchev–Trinajstić information content (AvgIpc) is 2.43. The molecule has 1 rings (SSSR count). The topological polar surface area (TPSA) is 50.4 Å². The lowest BCUT2D eigenvalue weighted by Crippen LogP contribution is -2.38. The molecule has 0 saturated carbocycles. The summed E-state index contributed by atoms with van der Waals surface area (Å²) in [4.78, 5) is 11.5. The van der Waals surface area contributed by atoms with Gasteiger partial charge in [-0.05, 0) is 29.9 Å². The number of carbonyl (C=O) groups is 1. The van der Waals surface area contributed by atoms with Gasteiger partial charge in [-0.25, -0.2) is 4.79 Å². The number of benzene rings is 1. The number of hydrogen-bond donors (Lipinski definition) is 2. The molecule has 1 aromatic rings. The first-order valence-electron chi connectivity index (χ1n) is 7.62. The highest BCUT2D eigenvalue weighted by atomic mass is 16.5. The van der Waals surface area contributed by atoms with E-state index in [9.17, 15) is 4.79 Å². The van der Waals surface area contributed by atoms with Gasteiger partial charge < -0.3 is 15.4 Å². The van der Waals surface area contributed by atoms with E-state index in [4.69, 9.17) is 4.74 Å². The van der Waals surface area contributed by atoms with Gasteiger partial charge in [0.15, 0.2) is 0 Å². The van der Waals surface area contributed by atoms with Crippen molar-refractivity contribution in [3.05, 3.63) is 35.4 Å². The highest BCUT2D eigenvalue weighted by Gasteiger charge is 2.12. The van der Waals surface area contributed by atoms with Gasteiger partial charge in [-0.1, -0.05) is 45.0 Å². The zero-order chi connectivity index (χ0) is 15.7. The molecule has 0 heterocycles. The molecule has 0 spiro atoms. The summed E-state index contributed by atoms with van der Waals surface area (Å²) in [6, 6.07) is 8.46. The molecular weight excluding hydrogens is 264 g/mol. The Balaban J connectivity index is 2.25. The van der Waals surface area contributed by atoms with Crippen LogP contribution in [0.25, 0.3) is 0 Å². The summed E-state index contributed by atoms with van der Waals surface area (Å²) < 4.78 is 5.15. The van der Waals surface area contributed by atoms with E-state index in [0.29, 0.717) is 26.3 Å². The van der Waals surface area contributed by atoms with Crippen molar-refractivity contribution in [3.63, 3.8) is 0 Å². The highest BCUT2D eigenvalue weighted by molar-refractivity contribution is 5.73. The van der Waals surface area contributed by atoms with Gasteiger partial charge in [0.05, 0.1) is 6.61 Å². The van der Waals surface area contributed by atoms with Crippen LogP contribution >= 0.6 is 0 Å². The monoisotopic (exact) mass is 292 g/mol. The van der Waals surface area contributed by atoms with Crippen molar-refractivity contribution in [2.24, 2.45) is 0 Å². The van der Waals surface area contributed by atoms with Crippen LogP contribution < -0.4 is 10.6 Å². The number of hydrogen-bond acceptors (Lipinski definition) is 2. The minimum Gasteiger partial charge on any atom is -0.380 e. The maximum Gasteiger partial charge on any atom is 0.314 e. The van der Waals surface area contributed by atoms with Gasteiger partial charge in [0.1, 0.15) is 0 Å². The zero-order valence-corrected chi connectivity index (χ0v) is 13.7. The van der Waals surface area contributed by atoms with Crippen LogP contribution in [0.2, 0.25) is 0 Å². The molecule has 4 heteroatoms. The lowest BCUT2D eigenvalue weighted by molar-refractivity contribution is 0.149. The predicted octanol–water partition coefficient (Wildman–Crippen LogP) is 2.86. The predicted molar refractivity (Wildman–Crippen MR) is 86.7 cm³/mol. The highest BCUT2D eigenvalue weighted by Crippen LogP contribution is 2.22. The molecule has 0 atom stereocenters. The summed E-state index contributed by atoms with van der Waals surface area (Å²) in [5.74, 6) is 0. The van der Waals surface area contributed by atoms with Gasteiger partial charge in [0.2, 0.25) is 0 Å². The van der Waals surface area contributed by atoms with Crippen molar-refractivity contribution in [2.45, 2.75) is 39.5 Å². The van der Waals surface area contributed by atoms with Crippen LogP contribution in [0.15, 0.2) is 24.3 Å². The zero-order valence-electron chi connectivity index (χ0n) is 13.7. The van der Waals surface area contributed by atoms with Crippen LogP contribution in [0.5, 0.6) is 0 Å². The SMILES string of the molecule is CCOCCNC(=O)NCCc1ccc(C(C)(C)C)cc1. The molecule has 0 aliphatic carbocycles. The molecule has 0 fully saturated rings. The molecule has 0 aliphatic heterocycles. The molecule has 0 aromatic heterocycles. The second kappa shape index (κ2) is 8.67. The van der Waals surface area contributed by atoms with Crippen LogP contribution in [0.1, 0.15) is 38.8 Å². The summed E-state index contributed by atoms with van der Waals surface area (Å²) in [6.07, 6.45) is 0.837. The van der Waals surface area contributed by atoms with Crippen LogP contribution in [0.3, 0.4) is 0 Å². The molecular formula is C17H28N2O2. The fraction of sp³-hybridized carbons (Fsp3) is 0.588. The van der Waals surface area contributed by atoms with E-state index < -0.39 is 0 Å². The standard InChI is InChI=1S/C17H28N2O2/c1-5-21-13-12-19-16(20)18-11-10-14-6-8-15(9-7-14)17(2,3)4/h6-9H,5,10-13H2,1-4H3,(H2,18,19,20). The molecule has 1 aromatic carbocycles. The molecule has 0 unspecified atom stereocenters. The Morgan fingerprint density at radius 3 is 2.29 bits per heavy atom. The summed E-state index contributed by atoms with van der Waals surface area (Å²) in [6.45, 7) is 11.0. The van der Waals surface area contributed by atoms with Crippen molar-refractivity contribution >= 4 is 6.03 Å². The Kier molecular flexibility index (Phi) is 7.23. The summed E-state index contributed by atoms with van der Waals surface area (Å²) in [5, 5.41) is 5.61. The van der Waals surface area contributed by atoms with Gasteiger partial charge in [-0.2, -0.15) is 0 Å². The van der Waals surface area contributed by atoms with Crippen LogP contribution in [-0.2, 0) is 16.6 Å². The van der Waals surface area contributed by atoms with Gasteiger partial charge in [0, 0.05) is 19.7 Å². The van der Waals surface area contributed by atoms with Crippen molar-refractivity contribution in [1.82, 2.24) is 10.6 Å². The van der Waals surface area contributed by atoms with E-state index in [-0.39, 0.29) is 11.4 Å². The Morgan fingerprint density at radius 1 is 1.10 bits per heavy atom. The quantitative estimate of drug-likeness (QED) is 0.759. The lowest BCUT2D eigenvalue weighted by atomic mass is 9.86. The fourth-order valence-electron chi connectivity index (χ4n) is 1.94. The average molecular weight is 292 g/mol. The fourth-order valence-corrected chi connectivity index (χ4v) is 1.94. The first-order chi connectivity index (χ1) is 9.93. The molecule has 118 valence electrons. The van der Waals surface area contributed by atoms with E-state index in [0.717, 1.165) is 6.42 Å². The van der Waals surface area contributed by atoms with Gasteiger partial charge in [-0.3, -0.25) is 0 Å². The number of rotatable bonds is 7. The summed E-state index contributed by atoms with van der Waals surface area (Å²) in [5.41, 5.74) is 2.74. The lowest BCUT2D eigenvalue weighted by Gasteiger charge is -2.19. The number of urea groups is 1. The first kappa shape index (κ1) is 17.5. The molecule has 2 N–H and O–H groups in total. The Labute approximate surface area is 128 Å². The maximum absolute atomic E-state index is 11.5. The van der Waals surface area contributed by atoms with E-state index in [1.165, 1.54) is 11.1 Å². The second-order valence-corrected chi connectivity index (χ2v) is 6.08. The number of ether oxygens (including phenoxy) is 1. The van der Waals surface area contributed by atoms with Crippen molar-refractivity contribution < 1.29 is 9.53 Å². The molecule has 0 saturated heterocycles. The molecule has 0 aliphatic rings. The van der Waals surface area contributed by atoms with Crippen molar-refractivity contribution in [3.8, 4) is 0 Å². The van der Waals surface area contributed by atoms with E-state index in [2.05, 4.69) is 55.7 Å². The molecule has 21 heavy (non-hydrogen) atoms. The third-order valence-corrected chi connectivity index (χ3v) is 3.26. The molecule has 0 bridgehead atoms. The summed E-state index contributed by atoms with van der Waals surface area (Å²) in [7, 11) is 0. The van der Waals surface area contributed by atoms with Gasteiger partial charge >= 0.3 is 6.03 Å². The Morgan fingerprint density at radius 2 is 1.71 bits per heavy atom. The van der Waals surface area contributed by atoms with E-state index in [1.807, 2.05) is 6.92 Å². The van der Waals surface area contributed by atoms with Crippen LogP contribution in [-0.4, -0.2) is 32.3 Å². The minimum atomic E-state index is -0.138. The third kappa shape index (κ3) is 7.14. The molecule has 4 nitrogen and oxygen atoms in total. The van der Waals surface area contributed by atoms with Crippen LogP contribution in [0, 0.1) is 0 Å². The normalized spacial score (nSPS) is 11.2. The first-order valence-corrected chi connectivity index (χ1v) is 7.62. The van der Waals surface area contributed by atoms with Crippen molar-refractivity contribution in [2.75, 3.05) is 26.3 Å². The van der Waals surface area contributed by atoms with Crippen LogP contribution in [0.4, 0.5) is 4.79 Å². The number of nitrogens with one attached hydrogen (secondary N) is 2. The Bertz CT molecular complexity index is 421. The number of amides is 2. The van der Waals surface area contributed by atoms with E-state index in [1.54, 1.807) is 0 Å². The smallest absolute Gasteiger partial charge is 0.314 e. The van der Waals surface area contributed by atoms with Crippen molar-refractivity contribution in [1.29, 1.82) is 0 Å².